The molecule has 0 saturated carbocycles. The van der Waals surface area contributed by atoms with Crippen molar-refractivity contribution in [2.24, 2.45) is 0 Å². The van der Waals surface area contributed by atoms with Crippen molar-refractivity contribution in [3.05, 3.63) is 18.2 Å². The molecule has 1 aliphatic heterocycles. The Bertz CT molecular complexity index is 387. The van der Waals surface area contributed by atoms with E-state index in [1.807, 2.05) is 32.0 Å². The SMILES string of the molecule is CC(C)Oc1cc(NC2CCOCC2)ccc1N. The van der Waals surface area contributed by atoms with Crippen molar-refractivity contribution in [1.29, 1.82) is 0 Å². The molecule has 0 radical (unpaired) electrons. The van der Waals surface area contributed by atoms with E-state index < -0.39 is 0 Å². The van der Waals surface area contributed by atoms with Gasteiger partial charge in [0.2, 0.25) is 0 Å². The highest BCUT2D eigenvalue weighted by atomic mass is 16.5. The minimum atomic E-state index is 0.130. The predicted octanol–water partition coefficient (Wildman–Crippen LogP) is 2.65. The molecule has 0 unspecified atom stereocenters. The fraction of sp³-hybridized carbons (Fsp3) is 0.571. The van der Waals surface area contributed by atoms with Gasteiger partial charge in [0.15, 0.2) is 0 Å². The van der Waals surface area contributed by atoms with Crippen molar-refractivity contribution in [3.63, 3.8) is 0 Å². The summed E-state index contributed by atoms with van der Waals surface area (Å²) in [5.74, 6) is 0.752. The molecule has 0 atom stereocenters. The van der Waals surface area contributed by atoms with E-state index in [1.165, 1.54) is 0 Å². The minimum absolute atomic E-state index is 0.130. The maximum absolute atomic E-state index is 5.90. The number of nitrogens with one attached hydrogen (secondary N) is 1. The lowest BCUT2D eigenvalue weighted by atomic mass is 10.1. The highest BCUT2D eigenvalue weighted by Crippen LogP contribution is 2.27. The smallest absolute Gasteiger partial charge is 0.144 e. The fourth-order valence-corrected chi connectivity index (χ4v) is 2.06. The number of anilines is 2. The Kier molecular flexibility index (Phi) is 4.31. The lowest BCUT2D eigenvalue weighted by molar-refractivity contribution is 0.0904. The van der Waals surface area contributed by atoms with E-state index >= 15 is 0 Å². The molecule has 3 N–H and O–H groups in total. The van der Waals surface area contributed by atoms with Gasteiger partial charge in [-0.05, 0) is 38.8 Å². The van der Waals surface area contributed by atoms with Gasteiger partial charge in [0, 0.05) is 31.0 Å². The van der Waals surface area contributed by atoms with Gasteiger partial charge in [-0.15, -0.1) is 0 Å². The highest BCUT2D eigenvalue weighted by Gasteiger charge is 2.14. The van der Waals surface area contributed by atoms with Gasteiger partial charge in [0.05, 0.1) is 11.8 Å². The summed E-state index contributed by atoms with van der Waals surface area (Å²) in [5, 5.41) is 3.51. The third-order valence-corrected chi connectivity index (χ3v) is 2.97. The number of benzene rings is 1. The van der Waals surface area contributed by atoms with E-state index in [0.29, 0.717) is 11.7 Å². The summed E-state index contributed by atoms with van der Waals surface area (Å²) >= 11 is 0. The molecule has 0 aromatic heterocycles. The lowest BCUT2D eigenvalue weighted by Gasteiger charge is -2.24. The summed E-state index contributed by atoms with van der Waals surface area (Å²) in [6.07, 6.45) is 2.22. The third-order valence-electron chi connectivity index (χ3n) is 2.97. The molecular formula is C14H22N2O2. The standard InChI is InChI=1S/C14H22N2O2/c1-10(2)18-14-9-12(3-4-13(14)15)16-11-5-7-17-8-6-11/h3-4,9-11,16H,5-8,15H2,1-2H3. The quantitative estimate of drug-likeness (QED) is 0.807. The average Bonchev–Trinajstić information content (AvgIpc) is 2.34. The van der Waals surface area contributed by atoms with Crippen LogP contribution < -0.4 is 15.8 Å². The Hall–Kier alpha value is -1.42. The molecule has 1 fully saturated rings. The van der Waals surface area contributed by atoms with Crippen molar-refractivity contribution in [1.82, 2.24) is 0 Å². The molecule has 2 rings (SSSR count). The van der Waals surface area contributed by atoms with Gasteiger partial charge in [-0.1, -0.05) is 0 Å². The van der Waals surface area contributed by atoms with Crippen LogP contribution in [0.25, 0.3) is 0 Å². The molecule has 1 aromatic rings. The molecule has 0 amide bonds. The van der Waals surface area contributed by atoms with E-state index in [2.05, 4.69) is 5.32 Å². The van der Waals surface area contributed by atoms with Gasteiger partial charge < -0.3 is 20.5 Å². The molecule has 4 heteroatoms. The van der Waals surface area contributed by atoms with Crippen LogP contribution in [0.1, 0.15) is 26.7 Å². The number of rotatable bonds is 4. The lowest BCUT2D eigenvalue weighted by Crippen LogP contribution is -2.27. The van der Waals surface area contributed by atoms with Crippen LogP contribution in [-0.2, 0) is 4.74 Å². The maximum atomic E-state index is 5.90. The largest absolute Gasteiger partial charge is 0.489 e. The Morgan fingerprint density at radius 1 is 1.33 bits per heavy atom. The number of nitrogen functional groups attached to an aromatic ring is 1. The van der Waals surface area contributed by atoms with Gasteiger partial charge in [0.25, 0.3) is 0 Å². The maximum Gasteiger partial charge on any atom is 0.144 e. The number of hydrogen-bond acceptors (Lipinski definition) is 4. The molecule has 1 aromatic carbocycles. The van der Waals surface area contributed by atoms with E-state index in [-0.39, 0.29) is 6.10 Å². The second kappa shape index (κ2) is 5.96. The zero-order valence-electron chi connectivity index (χ0n) is 11.1. The summed E-state index contributed by atoms with van der Waals surface area (Å²) in [6.45, 7) is 5.67. The van der Waals surface area contributed by atoms with Crippen molar-refractivity contribution in [2.75, 3.05) is 24.3 Å². The second-order valence-corrected chi connectivity index (χ2v) is 4.95. The summed E-state index contributed by atoms with van der Waals surface area (Å²) in [6, 6.07) is 6.34. The first-order chi connectivity index (χ1) is 8.65. The van der Waals surface area contributed by atoms with E-state index in [0.717, 1.165) is 37.5 Å². The van der Waals surface area contributed by atoms with Crippen molar-refractivity contribution in [3.8, 4) is 5.75 Å². The number of ether oxygens (including phenoxy) is 2. The van der Waals surface area contributed by atoms with Crippen LogP contribution in [0.4, 0.5) is 11.4 Å². The minimum Gasteiger partial charge on any atom is -0.489 e. The van der Waals surface area contributed by atoms with Gasteiger partial charge in [0.1, 0.15) is 5.75 Å². The van der Waals surface area contributed by atoms with Gasteiger partial charge in [-0.3, -0.25) is 0 Å². The average molecular weight is 250 g/mol. The molecule has 1 aliphatic rings. The summed E-state index contributed by atoms with van der Waals surface area (Å²) in [5.41, 5.74) is 7.64. The van der Waals surface area contributed by atoms with Crippen LogP contribution in [0, 0.1) is 0 Å². The Balaban J connectivity index is 2.03. The summed E-state index contributed by atoms with van der Waals surface area (Å²) < 4.78 is 11.0. The van der Waals surface area contributed by atoms with Gasteiger partial charge >= 0.3 is 0 Å². The molecular weight excluding hydrogens is 228 g/mol. The Labute approximate surface area is 108 Å². The summed E-state index contributed by atoms with van der Waals surface area (Å²) in [7, 11) is 0. The van der Waals surface area contributed by atoms with Crippen molar-refractivity contribution >= 4 is 11.4 Å². The van der Waals surface area contributed by atoms with Crippen LogP contribution in [0.15, 0.2) is 18.2 Å². The first-order valence-electron chi connectivity index (χ1n) is 6.55. The molecule has 0 aliphatic carbocycles. The van der Waals surface area contributed by atoms with Crippen LogP contribution >= 0.6 is 0 Å². The van der Waals surface area contributed by atoms with Crippen LogP contribution in [0.2, 0.25) is 0 Å². The molecule has 1 heterocycles. The second-order valence-electron chi connectivity index (χ2n) is 4.95. The third kappa shape index (κ3) is 3.53. The number of hydrogen-bond donors (Lipinski definition) is 2. The highest BCUT2D eigenvalue weighted by molar-refractivity contribution is 5.61. The van der Waals surface area contributed by atoms with E-state index in [9.17, 15) is 0 Å². The van der Waals surface area contributed by atoms with E-state index in [4.69, 9.17) is 15.2 Å². The van der Waals surface area contributed by atoms with Crippen molar-refractivity contribution < 1.29 is 9.47 Å². The molecule has 1 saturated heterocycles. The first kappa shape index (κ1) is 13.0. The Morgan fingerprint density at radius 2 is 2.06 bits per heavy atom. The van der Waals surface area contributed by atoms with Gasteiger partial charge in [-0.25, -0.2) is 0 Å². The molecule has 100 valence electrons. The van der Waals surface area contributed by atoms with E-state index in [1.54, 1.807) is 0 Å². The topological polar surface area (TPSA) is 56.5 Å². The molecule has 4 nitrogen and oxygen atoms in total. The van der Waals surface area contributed by atoms with Crippen molar-refractivity contribution in [2.45, 2.75) is 38.8 Å². The molecule has 18 heavy (non-hydrogen) atoms. The zero-order valence-corrected chi connectivity index (χ0v) is 11.1. The molecule has 0 spiro atoms. The van der Waals surface area contributed by atoms with Crippen LogP contribution in [0.5, 0.6) is 5.75 Å². The van der Waals surface area contributed by atoms with Crippen LogP contribution in [0.3, 0.4) is 0 Å². The normalized spacial score (nSPS) is 16.8. The Morgan fingerprint density at radius 3 is 2.72 bits per heavy atom. The van der Waals surface area contributed by atoms with Crippen LogP contribution in [-0.4, -0.2) is 25.4 Å². The summed E-state index contributed by atoms with van der Waals surface area (Å²) in [4.78, 5) is 0. The predicted molar refractivity (Wildman–Crippen MR) is 74.1 cm³/mol. The zero-order chi connectivity index (χ0) is 13.0. The fourth-order valence-electron chi connectivity index (χ4n) is 2.06. The monoisotopic (exact) mass is 250 g/mol. The number of nitrogens with two attached hydrogens (primary N) is 1. The van der Waals surface area contributed by atoms with Gasteiger partial charge in [-0.2, -0.15) is 0 Å². The molecule has 0 bridgehead atoms. The first-order valence-corrected chi connectivity index (χ1v) is 6.55.